The van der Waals surface area contributed by atoms with Crippen LogP contribution in [0.25, 0.3) is 5.69 Å². The van der Waals surface area contributed by atoms with Gasteiger partial charge in [-0.25, -0.2) is 14.2 Å². The smallest absolute Gasteiger partial charge is 0.405 e. The second kappa shape index (κ2) is 9.98. The van der Waals surface area contributed by atoms with E-state index in [4.69, 9.17) is 26.2 Å². The van der Waals surface area contributed by atoms with Crippen LogP contribution in [0, 0.1) is 0 Å². The molecule has 5 rings (SSSR count). The summed E-state index contributed by atoms with van der Waals surface area (Å²) in [4.78, 5) is 28.1. The molecule has 1 amide bonds. The molecule has 1 unspecified atom stereocenters. The first-order valence-corrected chi connectivity index (χ1v) is 12.2. The molecule has 37 heavy (non-hydrogen) atoms. The summed E-state index contributed by atoms with van der Waals surface area (Å²) in [5.74, 6) is 0.819. The molecule has 1 saturated carbocycles. The number of rotatable bonds is 8. The summed E-state index contributed by atoms with van der Waals surface area (Å²) < 4.78 is 26.9. The van der Waals surface area contributed by atoms with Crippen LogP contribution in [0.4, 0.5) is 14.9 Å². The lowest BCUT2D eigenvalue weighted by molar-refractivity contribution is -0.0234. The van der Waals surface area contributed by atoms with Crippen molar-refractivity contribution in [3.63, 3.8) is 0 Å². The Morgan fingerprint density at radius 1 is 1.19 bits per heavy atom. The van der Waals surface area contributed by atoms with Crippen LogP contribution in [-0.4, -0.2) is 51.4 Å². The Morgan fingerprint density at radius 3 is 2.59 bits per heavy atom. The molecule has 1 atom stereocenters. The molecule has 1 aliphatic carbocycles. The van der Waals surface area contributed by atoms with Gasteiger partial charge < -0.3 is 25.2 Å². The van der Waals surface area contributed by atoms with Crippen molar-refractivity contribution in [3.05, 3.63) is 69.7 Å². The van der Waals surface area contributed by atoms with Gasteiger partial charge in [-0.05, 0) is 49.4 Å². The van der Waals surface area contributed by atoms with Crippen molar-refractivity contribution in [1.29, 1.82) is 0 Å². The lowest BCUT2D eigenvalue weighted by Gasteiger charge is -2.29. The highest BCUT2D eigenvalue weighted by atomic mass is 35.5. The molecule has 3 heterocycles. The van der Waals surface area contributed by atoms with Gasteiger partial charge in [0.05, 0.1) is 42.5 Å². The van der Waals surface area contributed by atoms with Gasteiger partial charge >= 0.3 is 6.09 Å². The van der Waals surface area contributed by atoms with Gasteiger partial charge in [0.1, 0.15) is 10.8 Å². The molecule has 2 aromatic heterocycles. The summed E-state index contributed by atoms with van der Waals surface area (Å²) in [6.07, 6.45) is 4.25. The van der Waals surface area contributed by atoms with Crippen molar-refractivity contribution >= 4 is 23.4 Å². The molecule has 1 aliphatic heterocycles. The van der Waals surface area contributed by atoms with Crippen LogP contribution in [0.3, 0.4) is 0 Å². The van der Waals surface area contributed by atoms with Crippen LogP contribution < -0.4 is 20.9 Å². The van der Waals surface area contributed by atoms with E-state index in [0.29, 0.717) is 36.8 Å². The third-order valence-corrected chi connectivity index (χ3v) is 6.84. The quantitative estimate of drug-likeness (QED) is 0.395. The first-order valence-electron chi connectivity index (χ1n) is 11.8. The summed E-state index contributed by atoms with van der Waals surface area (Å²) in [5, 5.41) is 18.5. The maximum atomic E-state index is 14.8. The van der Waals surface area contributed by atoms with Gasteiger partial charge in [0.15, 0.2) is 5.67 Å². The van der Waals surface area contributed by atoms with Crippen LogP contribution in [0.15, 0.2) is 53.6 Å². The Hall–Kier alpha value is -3.70. The molecular formula is C25H25ClFN5O5. The number of alkyl halides is 1. The molecule has 12 heteroatoms. The first kappa shape index (κ1) is 25.0. The molecular weight excluding hydrogens is 505 g/mol. The zero-order valence-corrected chi connectivity index (χ0v) is 20.5. The average molecular weight is 530 g/mol. The number of benzene rings is 1. The molecule has 0 bridgehead atoms. The number of anilines is 1. The number of nitrogens with zero attached hydrogens (tertiary/aromatic N) is 3. The minimum atomic E-state index is -1.52. The Bertz CT molecular complexity index is 1340. The van der Waals surface area contributed by atoms with E-state index in [-0.39, 0.29) is 23.9 Å². The molecule has 1 aromatic carbocycles. The van der Waals surface area contributed by atoms with E-state index in [1.807, 2.05) is 12.1 Å². The van der Waals surface area contributed by atoms with Crippen molar-refractivity contribution in [2.75, 3.05) is 25.1 Å². The maximum Gasteiger partial charge on any atom is 0.405 e. The molecule has 2 aliphatic rings. The number of ether oxygens (including phenoxy) is 2. The number of aromatic nitrogens is 3. The van der Waals surface area contributed by atoms with Crippen molar-refractivity contribution in [1.82, 2.24) is 20.1 Å². The SMILES string of the molecule is O=C(O)NC1(c2ccc(Oc3ccc(-n4ncc(NCC5(F)CCCOC5)c(Cl)c4=O)cn3)cc2)CC1. The molecule has 3 N–H and O–H groups in total. The topological polar surface area (TPSA) is 128 Å². The van der Waals surface area contributed by atoms with Crippen molar-refractivity contribution in [2.24, 2.45) is 0 Å². The highest BCUT2D eigenvalue weighted by Gasteiger charge is 2.45. The van der Waals surface area contributed by atoms with Crippen LogP contribution in [-0.2, 0) is 10.3 Å². The van der Waals surface area contributed by atoms with Gasteiger partial charge in [-0.3, -0.25) is 4.79 Å². The summed E-state index contributed by atoms with van der Waals surface area (Å²) in [5.41, 5.74) is -1.12. The number of pyridine rings is 1. The molecule has 10 nitrogen and oxygen atoms in total. The monoisotopic (exact) mass is 529 g/mol. The van der Waals surface area contributed by atoms with E-state index in [1.165, 1.54) is 12.4 Å². The number of hydrogen-bond donors (Lipinski definition) is 3. The molecule has 0 spiro atoms. The summed E-state index contributed by atoms with van der Waals surface area (Å²) in [6.45, 7) is 0.500. The number of amides is 1. The number of hydrogen-bond acceptors (Lipinski definition) is 7. The number of nitrogens with one attached hydrogen (secondary N) is 2. The Morgan fingerprint density at radius 2 is 1.97 bits per heavy atom. The molecule has 2 fully saturated rings. The fourth-order valence-electron chi connectivity index (χ4n) is 4.29. The summed E-state index contributed by atoms with van der Waals surface area (Å²) >= 11 is 6.26. The predicted molar refractivity (Wildman–Crippen MR) is 134 cm³/mol. The zero-order chi connectivity index (χ0) is 26.0. The van der Waals surface area contributed by atoms with Gasteiger partial charge in [-0.2, -0.15) is 9.78 Å². The van der Waals surface area contributed by atoms with Crippen LogP contribution in [0.1, 0.15) is 31.2 Å². The second-order valence-corrected chi connectivity index (χ2v) is 9.62. The number of carboxylic acid groups (broad SMARTS) is 1. The van der Waals surface area contributed by atoms with E-state index in [2.05, 4.69) is 20.7 Å². The minimum Gasteiger partial charge on any atom is -0.465 e. The zero-order valence-electron chi connectivity index (χ0n) is 19.7. The number of carbonyl (C=O) groups is 1. The maximum absolute atomic E-state index is 14.8. The molecule has 1 saturated heterocycles. The standard InChI is InChI=1S/C25H25ClFN5O5/c26-21-19(29-14-24(27)8-1-11-36-15-24)13-30-32(22(21)33)17-4-7-20(28-12-17)37-18-5-2-16(3-6-18)25(9-10-25)31-23(34)35/h2-7,12-13,29,31H,1,8-11,14-15H2,(H,34,35). The van der Waals surface area contributed by atoms with Crippen LogP contribution >= 0.6 is 11.6 Å². The predicted octanol–water partition coefficient (Wildman–Crippen LogP) is 4.26. The normalized spacial score (nSPS) is 20.2. The van der Waals surface area contributed by atoms with Gasteiger partial charge in [-0.15, -0.1) is 0 Å². The minimum absolute atomic E-state index is 0.00491. The summed E-state index contributed by atoms with van der Waals surface area (Å²) in [6, 6.07) is 10.3. The third kappa shape index (κ3) is 5.52. The fraction of sp³-hybridized carbons (Fsp3) is 0.360. The lowest BCUT2D eigenvalue weighted by Crippen LogP contribution is -2.40. The molecule has 3 aromatic rings. The van der Waals surface area contributed by atoms with Crippen molar-refractivity contribution < 1.29 is 23.8 Å². The van der Waals surface area contributed by atoms with E-state index in [1.54, 1.807) is 24.3 Å². The Kier molecular flexibility index (Phi) is 6.74. The average Bonchev–Trinajstić information content (AvgIpc) is 3.66. The van der Waals surface area contributed by atoms with Gasteiger partial charge in [0.2, 0.25) is 5.88 Å². The lowest BCUT2D eigenvalue weighted by atomic mass is 9.99. The third-order valence-electron chi connectivity index (χ3n) is 6.48. The van der Waals surface area contributed by atoms with E-state index in [9.17, 15) is 14.0 Å². The fourth-order valence-corrected chi connectivity index (χ4v) is 4.48. The largest absolute Gasteiger partial charge is 0.465 e. The van der Waals surface area contributed by atoms with Gasteiger partial charge in [0, 0.05) is 12.7 Å². The molecule has 194 valence electrons. The van der Waals surface area contributed by atoms with E-state index < -0.39 is 22.9 Å². The van der Waals surface area contributed by atoms with Crippen LogP contribution in [0.5, 0.6) is 11.6 Å². The van der Waals surface area contributed by atoms with E-state index >= 15 is 0 Å². The highest BCUT2D eigenvalue weighted by Crippen LogP contribution is 2.45. The van der Waals surface area contributed by atoms with Gasteiger partial charge in [-0.1, -0.05) is 23.7 Å². The van der Waals surface area contributed by atoms with Gasteiger partial charge in [0.25, 0.3) is 5.56 Å². The first-order chi connectivity index (χ1) is 17.8. The Labute approximate surface area is 216 Å². The van der Waals surface area contributed by atoms with Crippen LogP contribution in [0.2, 0.25) is 5.02 Å². The Balaban J connectivity index is 1.24. The van der Waals surface area contributed by atoms with E-state index in [0.717, 1.165) is 23.1 Å². The highest BCUT2D eigenvalue weighted by molar-refractivity contribution is 6.32. The second-order valence-electron chi connectivity index (χ2n) is 9.24. The van der Waals surface area contributed by atoms with Crippen molar-refractivity contribution in [3.8, 4) is 17.3 Å². The summed E-state index contributed by atoms with van der Waals surface area (Å²) in [7, 11) is 0. The van der Waals surface area contributed by atoms with Crippen molar-refractivity contribution in [2.45, 2.75) is 36.9 Å². The number of halogens is 2. The molecule has 0 radical (unpaired) electrons.